The van der Waals surface area contributed by atoms with Crippen molar-refractivity contribution in [2.24, 2.45) is 0 Å². The summed E-state index contributed by atoms with van der Waals surface area (Å²) in [4.78, 5) is 35.5. The lowest BCUT2D eigenvalue weighted by molar-refractivity contribution is -0.154. The molecule has 1 fully saturated rings. The summed E-state index contributed by atoms with van der Waals surface area (Å²) in [7, 11) is 0. The van der Waals surface area contributed by atoms with Gasteiger partial charge in [-0.25, -0.2) is 14.4 Å². The molecule has 0 amide bonds. The van der Waals surface area contributed by atoms with Gasteiger partial charge in [0.05, 0.1) is 12.7 Å². The number of hydrogen-bond acceptors (Lipinski definition) is 7. The molecule has 1 heterocycles. The van der Waals surface area contributed by atoms with E-state index in [4.69, 9.17) is 25.1 Å². The maximum absolute atomic E-state index is 13.0. The Kier molecular flexibility index (Phi) is 12.5. The van der Waals surface area contributed by atoms with Crippen molar-refractivity contribution in [3.05, 3.63) is 89.5 Å². The van der Waals surface area contributed by atoms with E-state index in [2.05, 4.69) is 19.2 Å². The molecule has 1 unspecified atom stereocenters. The molecule has 43 heavy (non-hydrogen) atoms. The van der Waals surface area contributed by atoms with Gasteiger partial charge in [0.25, 0.3) is 0 Å². The van der Waals surface area contributed by atoms with E-state index < -0.39 is 17.9 Å². The van der Waals surface area contributed by atoms with E-state index in [1.54, 1.807) is 6.08 Å². The number of carboxylic acids is 1. The van der Waals surface area contributed by atoms with E-state index in [-0.39, 0.29) is 23.9 Å². The van der Waals surface area contributed by atoms with Gasteiger partial charge in [-0.1, -0.05) is 69.0 Å². The summed E-state index contributed by atoms with van der Waals surface area (Å²) >= 11 is 0. The fraction of sp³-hybridized carbons (Fsp3) is 0.314. The highest BCUT2D eigenvalue weighted by molar-refractivity contribution is 6.15. The van der Waals surface area contributed by atoms with Crippen LogP contribution < -0.4 is 0 Å². The van der Waals surface area contributed by atoms with Crippen molar-refractivity contribution >= 4 is 51.7 Å². The molecule has 0 saturated carbocycles. The lowest BCUT2D eigenvalue weighted by Gasteiger charge is -2.12. The summed E-state index contributed by atoms with van der Waals surface area (Å²) in [6.45, 7) is 9.84. The predicted molar refractivity (Wildman–Crippen MR) is 169 cm³/mol. The standard InChI is InChI=1S/C29H29NO4.C6H10O3/c1-3-4-8-23(29(32)34-28(31)19(2)13-14-24-18-33-24)16-22-11-7-10-21-15-20-9-5-6-12-25(20)26(17-30)27(21)22;1-5(6(8)9)3-2-4-7/h5-7,9-12,15-17,24,30H,2-4,8,13-14,18H2,1H3;7H,1-4H2,(H,8,9). The number of epoxide rings is 1. The fourth-order valence-electron chi connectivity index (χ4n) is 4.54. The molecule has 1 aliphatic heterocycles. The molecule has 3 N–H and O–H groups in total. The number of hydrogen-bond donors (Lipinski definition) is 3. The number of benzene rings is 3. The summed E-state index contributed by atoms with van der Waals surface area (Å²) < 4.78 is 10.4. The quantitative estimate of drug-likeness (QED) is 0.0474. The van der Waals surface area contributed by atoms with Gasteiger partial charge in [0.15, 0.2) is 0 Å². The number of nitrogens with one attached hydrogen (secondary N) is 1. The van der Waals surface area contributed by atoms with Crippen LogP contribution in [-0.2, 0) is 23.9 Å². The lowest BCUT2D eigenvalue weighted by Crippen LogP contribution is -2.16. The van der Waals surface area contributed by atoms with Crippen molar-refractivity contribution in [1.82, 2.24) is 0 Å². The highest BCUT2D eigenvalue weighted by Crippen LogP contribution is 2.31. The van der Waals surface area contributed by atoms with Gasteiger partial charge in [-0.15, -0.1) is 0 Å². The third-order valence-electron chi connectivity index (χ3n) is 7.08. The second-order valence-electron chi connectivity index (χ2n) is 10.4. The van der Waals surface area contributed by atoms with Crippen LogP contribution in [0.1, 0.15) is 63.0 Å². The highest BCUT2D eigenvalue weighted by Gasteiger charge is 2.24. The molecular formula is C35H39NO7. The first kappa shape index (κ1) is 33.1. The molecule has 3 aromatic rings. The number of rotatable bonds is 14. The van der Waals surface area contributed by atoms with E-state index in [0.717, 1.165) is 45.5 Å². The molecule has 1 saturated heterocycles. The highest BCUT2D eigenvalue weighted by atomic mass is 16.6. The van der Waals surface area contributed by atoms with Crippen LogP contribution in [0.3, 0.4) is 0 Å². The Morgan fingerprint density at radius 1 is 1.00 bits per heavy atom. The van der Waals surface area contributed by atoms with Gasteiger partial charge in [0, 0.05) is 35.1 Å². The minimum absolute atomic E-state index is 0.0201. The number of aliphatic hydroxyl groups excluding tert-OH is 1. The summed E-state index contributed by atoms with van der Waals surface area (Å²) in [5, 5.41) is 28.5. The zero-order valence-corrected chi connectivity index (χ0v) is 24.6. The number of fused-ring (bicyclic) bond motifs is 2. The number of unbranched alkanes of at least 4 members (excludes halogenated alkanes) is 1. The average Bonchev–Trinajstić information content (AvgIpc) is 3.84. The number of carbonyl (C=O) groups is 3. The second-order valence-corrected chi connectivity index (χ2v) is 10.4. The first-order chi connectivity index (χ1) is 20.7. The van der Waals surface area contributed by atoms with Crippen molar-refractivity contribution in [3.63, 3.8) is 0 Å². The number of aliphatic hydroxyl groups is 1. The first-order valence-electron chi connectivity index (χ1n) is 14.4. The van der Waals surface area contributed by atoms with Crippen molar-refractivity contribution in [3.8, 4) is 0 Å². The largest absolute Gasteiger partial charge is 0.478 e. The van der Waals surface area contributed by atoms with Crippen LogP contribution in [0.5, 0.6) is 0 Å². The summed E-state index contributed by atoms with van der Waals surface area (Å²) in [5.41, 5.74) is 2.49. The van der Waals surface area contributed by atoms with E-state index in [1.807, 2.05) is 49.4 Å². The zero-order chi connectivity index (χ0) is 31.4. The minimum Gasteiger partial charge on any atom is -0.478 e. The Hall–Kier alpha value is -4.40. The molecule has 0 spiro atoms. The van der Waals surface area contributed by atoms with Gasteiger partial charge < -0.3 is 25.1 Å². The molecular weight excluding hydrogens is 546 g/mol. The van der Waals surface area contributed by atoms with Crippen molar-refractivity contribution in [2.75, 3.05) is 13.2 Å². The third kappa shape index (κ3) is 9.56. The number of carboxylic acid groups (broad SMARTS) is 1. The lowest BCUT2D eigenvalue weighted by atomic mass is 9.92. The van der Waals surface area contributed by atoms with E-state index >= 15 is 0 Å². The normalized spacial score (nSPS) is 14.0. The molecule has 0 aliphatic carbocycles. The van der Waals surface area contributed by atoms with Crippen LogP contribution in [0, 0.1) is 5.41 Å². The number of ether oxygens (including phenoxy) is 2. The molecule has 0 radical (unpaired) electrons. The van der Waals surface area contributed by atoms with Gasteiger partial charge in [0.2, 0.25) is 0 Å². The third-order valence-corrected chi connectivity index (χ3v) is 7.08. The van der Waals surface area contributed by atoms with Crippen LogP contribution in [0.2, 0.25) is 0 Å². The molecule has 8 heteroatoms. The Morgan fingerprint density at radius 2 is 1.72 bits per heavy atom. The Balaban J connectivity index is 0.000000489. The smallest absolute Gasteiger partial charge is 0.341 e. The van der Waals surface area contributed by atoms with Gasteiger partial charge in [-0.05, 0) is 77.8 Å². The number of aliphatic carboxylic acids is 1. The van der Waals surface area contributed by atoms with Gasteiger partial charge in [-0.3, -0.25) is 0 Å². The Labute approximate surface area is 251 Å². The van der Waals surface area contributed by atoms with Crippen molar-refractivity contribution in [1.29, 1.82) is 5.41 Å². The Morgan fingerprint density at radius 3 is 2.37 bits per heavy atom. The van der Waals surface area contributed by atoms with Crippen LogP contribution in [-0.4, -0.2) is 53.7 Å². The number of carbonyl (C=O) groups excluding carboxylic acids is 2. The predicted octanol–water partition coefficient (Wildman–Crippen LogP) is 6.77. The maximum atomic E-state index is 13.0. The molecule has 226 valence electrons. The molecule has 0 aromatic heterocycles. The van der Waals surface area contributed by atoms with Gasteiger partial charge >= 0.3 is 17.9 Å². The molecule has 1 atom stereocenters. The monoisotopic (exact) mass is 585 g/mol. The second kappa shape index (κ2) is 16.3. The van der Waals surface area contributed by atoms with Crippen LogP contribution in [0.4, 0.5) is 0 Å². The van der Waals surface area contributed by atoms with Crippen LogP contribution in [0.15, 0.2) is 78.4 Å². The first-order valence-corrected chi connectivity index (χ1v) is 14.4. The van der Waals surface area contributed by atoms with Crippen LogP contribution >= 0.6 is 0 Å². The van der Waals surface area contributed by atoms with Crippen LogP contribution in [0.25, 0.3) is 27.6 Å². The summed E-state index contributed by atoms with van der Waals surface area (Å²) in [6, 6.07) is 15.9. The summed E-state index contributed by atoms with van der Waals surface area (Å²) in [6.07, 6.45) is 7.54. The average molecular weight is 586 g/mol. The van der Waals surface area contributed by atoms with E-state index in [9.17, 15) is 14.4 Å². The molecule has 8 nitrogen and oxygen atoms in total. The van der Waals surface area contributed by atoms with Gasteiger partial charge in [0.1, 0.15) is 0 Å². The van der Waals surface area contributed by atoms with E-state index in [1.165, 1.54) is 6.21 Å². The fourth-order valence-corrected chi connectivity index (χ4v) is 4.54. The SMILES string of the molecule is C=C(CCC1CO1)C(=O)OC(=O)C(=Cc1cccc2cc3ccccc3c(C=N)c12)CCCC.C=C(CCCO)C(=O)O. The summed E-state index contributed by atoms with van der Waals surface area (Å²) in [5.74, 6) is -2.31. The van der Waals surface area contributed by atoms with Crippen molar-refractivity contribution < 1.29 is 34.1 Å². The molecule has 4 rings (SSSR count). The molecule has 0 bridgehead atoms. The van der Waals surface area contributed by atoms with E-state index in [0.29, 0.717) is 44.3 Å². The molecule has 1 aliphatic rings. The number of esters is 2. The minimum atomic E-state index is -0.983. The van der Waals surface area contributed by atoms with Crippen molar-refractivity contribution in [2.45, 2.75) is 58.0 Å². The van der Waals surface area contributed by atoms with Gasteiger partial charge in [-0.2, -0.15) is 0 Å². The Bertz CT molecular complexity index is 1550. The molecule has 3 aromatic carbocycles. The topological polar surface area (TPSA) is 137 Å². The maximum Gasteiger partial charge on any atom is 0.341 e. The zero-order valence-electron chi connectivity index (χ0n) is 24.6.